The minimum atomic E-state index is -1.01. The lowest BCUT2D eigenvalue weighted by molar-refractivity contribution is -0.137. The first-order chi connectivity index (χ1) is 12.6. The van der Waals surface area contributed by atoms with E-state index in [0.717, 1.165) is 12.0 Å². The van der Waals surface area contributed by atoms with E-state index in [4.69, 9.17) is 14.6 Å². The number of nitrogens with one attached hydrogen (secondary N) is 1. The molecule has 1 atom stereocenters. The summed E-state index contributed by atoms with van der Waals surface area (Å²) in [4.78, 5) is 23.2. The van der Waals surface area contributed by atoms with Gasteiger partial charge in [-0.3, -0.25) is 4.79 Å². The van der Waals surface area contributed by atoms with E-state index in [2.05, 4.69) is 5.32 Å². The van der Waals surface area contributed by atoms with Crippen molar-refractivity contribution in [2.75, 3.05) is 6.61 Å². The summed E-state index contributed by atoms with van der Waals surface area (Å²) < 4.78 is 10.7. The van der Waals surface area contributed by atoms with E-state index in [1.807, 2.05) is 37.3 Å². The average Bonchev–Trinajstić information content (AvgIpc) is 2.65. The molecular weight excluding hydrogens is 334 g/mol. The molecule has 0 fully saturated rings. The van der Waals surface area contributed by atoms with Crippen molar-refractivity contribution in [1.82, 2.24) is 5.32 Å². The average molecular weight is 357 g/mol. The maximum atomic E-state index is 12.0. The van der Waals surface area contributed by atoms with Crippen molar-refractivity contribution in [2.45, 2.75) is 32.4 Å². The summed E-state index contributed by atoms with van der Waals surface area (Å²) in [6, 6.07) is 15.6. The van der Waals surface area contributed by atoms with Gasteiger partial charge in [-0.1, -0.05) is 49.4 Å². The predicted molar refractivity (Wildman–Crippen MR) is 97.0 cm³/mol. The normalized spacial score (nSPS) is 11.4. The van der Waals surface area contributed by atoms with Gasteiger partial charge in [-0.05, 0) is 29.7 Å². The van der Waals surface area contributed by atoms with E-state index in [0.29, 0.717) is 17.9 Å². The second-order valence-corrected chi connectivity index (χ2v) is 5.77. The maximum Gasteiger partial charge on any atom is 0.407 e. The number of rotatable bonds is 9. The van der Waals surface area contributed by atoms with E-state index in [1.165, 1.54) is 0 Å². The molecule has 0 aliphatic rings. The van der Waals surface area contributed by atoms with Gasteiger partial charge >= 0.3 is 12.1 Å². The van der Waals surface area contributed by atoms with Gasteiger partial charge in [0.25, 0.3) is 0 Å². The number of hydrogen-bond acceptors (Lipinski definition) is 4. The zero-order chi connectivity index (χ0) is 18.8. The first-order valence-corrected chi connectivity index (χ1v) is 8.50. The molecule has 1 amide bonds. The van der Waals surface area contributed by atoms with Gasteiger partial charge in [-0.15, -0.1) is 0 Å². The molecule has 0 heterocycles. The molecule has 2 rings (SSSR count). The van der Waals surface area contributed by atoms with Crippen LogP contribution in [-0.4, -0.2) is 23.8 Å². The third kappa shape index (κ3) is 6.47. The number of hydrogen-bond donors (Lipinski definition) is 2. The number of carbonyl (C=O) groups is 2. The molecule has 26 heavy (non-hydrogen) atoms. The Morgan fingerprint density at radius 2 is 1.77 bits per heavy atom. The smallest absolute Gasteiger partial charge is 0.407 e. The Balaban J connectivity index is 1.97. The van der Waals surface area contributed by atoms with Gasteiger partial charge in [0.1, 0.15) is 12.4 Å². The molecular formula is C20H23NO5. The molecule has 0 saturated carbocycles. The third-order valence-electron chi connectivity index (χ3n) is 3.64. The van der Waals surface area contributed by atoms with Crippen molar-refractivity contribution < 1.29 is 24.2 Å². The molecule has 0 saturated heterocycles. The standard InChI is InChI=1S/C20H23NO5/c1-2-12-25-17-10-8-16(9-11-17)18(13-19(22)23)21-20(24)26-14-15-6-4-3-5-7-15/h3-11,18H,2,12-14H2,1H3,(H,21,24)(H,22,23). The zero-order valence-corrected chi connectivity index (χ0v) is 14.7. The summed E-state index contributed by atoms with van der Waals surface area (Å²) >= 11 is 0. The molecule has 0 aliphatic heterocycles. The van der Waals surface area contributed by atoms with Crippen LogP contribution in [0.15, 0.2) is 54.6 Å². The third-order valence-corrected chi connectivity index (χ3v) is 3.64. The summed E-state index contributed by atoms with van der Waals surface area (Å²) in [6.07, 6.45) is -0.000211. The highest BCUT2D eigenvalue weighted by Gasteiger charge is 2.19. The Hall–Kier alpha value is -3.02. The number of aliphatic carboxylic acids is 1. The summed E-state index contributed by atoms with van der Waals surface area (Å²) in [5, 5.41) is 11.7. The summed E-state index contributed by atoms with van der Waals surface area (Å²) in [6.45, 7) is 2.75. The van der Waals surface area contributed by atoms with E-state index in [-0.39, 0.29) is 13.0 Å². The second kappa shape index (κ2) is 10.1. The first kappa shape index (κ1) is 19.3. The Labute approximate surface area is 152 Å². The van der Waals surface area contributed by atoms with Crippen LogP contribution in [0.25, 0.3) is 0 Å². The second-order valence-electron chi connectivity index (χ2n) is 5.77. The number of benzene rings is 2. The van der Waals surface area contributed by atoms with Crippen LogP contribution in [0.1, 0.15) is 36.9 Å². The van der Waals surface area contributed by atoms with Crippen LogP contribution in [0.3, 0.4) is 0 Å². The molecule has 6 nitrogen and oxygen atoms in total. The Morgan fingerprint density at radius 3 is 2.38 bits per heavy atom. The lowest BCUT2D eigenvalue weighted by Gasteiger charge is -2.18. The molecule has 2 aromatic carbocycles. The SMILES string of the molecule is CCCOc1ccc(C(CC(=O)O)NC(=O)OCc2ccccc2)cc1. The van der Waals surface area contributed by atoms with Gasteiger partial charge in [0.15, 0.2) is 0 Å². The van der Waals surface area contributed by atoms with Gasteiger partial charge < -0.3 is 19.9 Å². The van der Waals surface area contributed by atoms with Crippen LogP contribution >= 0.6 is 0 Å². The highest BCUT2D eigenvalue weighted by atomic mass is 16.5. The molecule has 2 aromatic rings. The highest BCUT2D eigenvalue weighted by Crippen LogP contribution is 2.21. The monoisotopic (exact) mass is 357 g/mol. The number of amides is 1. The van der Waals surface area contributed by atoms with Gasteiger partial charge in [0.2, 0.25) is 0 Å². The van der Waals surface area contributed by atoms with Crippen LogP contribution in [0.2, 0.25) is 0 Å². The van der Waals surface area contributed by atoms with Crippen LogP contribution in [-0.2, 0) is 16.1 Å². The predicted octanol–water partition coefficient (Wildman–Crippen LogP) is 3.92. The molecule has 138 valence electrons. The maximum absolute atomic E-state index is 12.0. The van der Waals surface area contributed by atoms with Crippen molar-refractivity contribution >= 4 is 12.1 Å². The highest BCUT2D eigenvalue weighted by molar-refractivity contribution is 5.72. The minimum Gasteiger partial charge on any atom is -0.494 e. The molecule has 0 radical (unpaired) electrons. The van der Waals surface area contributed by atoms with E-state index >= 15 is 0 Å². The number of alkyl carbamates (subject to hydrolysis) is 1. The van der Waals surface area contributed by atoms with Gasteiger partial charge in [0.05, 0.1) is 19.1 Å². The quantitative estimate of drug-likeness (QED) is 0.710. The number of carboxylic acids is 1. The molecule has 0 bridgehead atoms. The van der Waals surface area contributed by atoms with Gasteiger partial charge in [-0.2, -0.15) is 0 Å². The van der Waals surface area contributed by atoms with Crippen molar-refractivity contribution in [1.29, 1.82) is 0 Å². The van der Waals surface area contributed by atoms with E-state index in [1.54, 1.807) is 24.3 Å². The van der Waals surface area contributed by atoms with Crippen LogP contribution < -0.4 is 10.1 Å². The topological polar surface area (TPSA) is 84.9 Å². The fourth-order valence-electron chi connectivity index (χ4n) is 2.35. The molecule has 2 N–H and O–H groups in total. The summed E-state index contributed by atoms with van der Waals surface area (Å²) in [5.74, 6) is -0.305. The van der Waals surface area contributed by atoms with Gasteiger partial charge in [0, 0.05) is 0 Å². The molecule has 1 unspecified atom stereocenters. The van der Waals surface area contributed by atoms with Crippen LogP contribution in [0.5, 0.6) is 5.75 Å². The lowest BCUT2D eigenvalue weighted by atomic mass is 10.0. The molecule has 6 heteroatoms. The fourth-order valence-corrected chi connectivity index (χ4v) is 2.35. The van der Waals surface area contributed by atoms with Crippen molar-refractivity contribution in [3.05, 3.63) is 65.7 Å². The minimum absolute atomic E-state index is 0.121. The zero-order valence-electron chi connectivity index (χ0n) is 14.7. The Morgan fingerprint density at radius 1 is 1.08 bits per heavy atom. The van der Waals surface area contributed by atoms with Crippen molar-refractivity contribution in [3.8, 4) is 5.75 Å². The fraction of sp³-hybridized carbons (Fsp3) is 0.300. The number of carbonyl (C=O) groups excluding carboxylic acids is 1. The van der Waals surface area contributed by atoms with Crippen molar-refractivity contribution in [3.63, 3.8) is 0 Å². The van der Waals surface area contributed by atoms with Crippen molar-refractivity contribution in [2.24, 2.45) is 0 Å². The first-order valence-electron chi connectivity index (χ1n) is 8.50. The molecule has 0 aliphatic carbocycles. The Kier molecular flexibility index (Phi) is 7.49. The largest absolute Gasteiger partial charge is 0.494 e. The lowest BCUT2D eigenvalue weighted by Crippen LogP contribution is -2.30. The van der Waals surface area contributed by atoms with Crippen LogP contribution in [0.4, 0.5) is 4.79 Å². The van der Waals surface area contributed by atoms with E-state index in [9.17, 15) is 9.59 Å². The van der Waals surface area contributed by atoms with Gasteiger partial charge in [-0.25, -0.2) is 4.79 Å². The number of ether oxygens (including phenoxy) is 2. The molecule has 0 aromatic heterocycles. The summed E-state index contributed by atoms with van der Waals surface area (Å²) in [5.41, 5.74) is 1.53. The summed E-state index contributed by atoms with van der Waals surface area (Å²) in [7, 11) is 0. The number of carboxylic acid groups (broad SMARTS) is 1. The Bertz CT molecular complexity index is 700. The van der Waals surface area contributed by atoms with E-state index < -0.39 is 18.1 Å². The molecule has 0 spiro atoms. The van der Waals surface area contributed by atoms with Crippen LogP contribution in [0, 0.1) is 0 Å².